The average Bonchev–Trinajstić information content (AvgIpc) is 2.74. The molecule has 1 aliphatic rings. The Bertz CT molecular complexity index is 499. The molecule has 1 N–H and O–H groups in total. The maximum Gasteiger partial charge on any atom is 0.328 e. The standard InChI is InChI=1S/C15H17NO4/c17-14(18)7-4-12-2-5-13(6-3-12)15(19)16-8-1-10-20-11-9-16/h2-7H,1,8-11H2,(H,17,18). The summed E-state index contributed by atoms with van der Waals surface area (Å²) in [6.07, 6.45) is 3.42. The number of carboxylic acids is 1. The SMILES string of the molecule is O=C(O)C=Cc1ccc(C(=O)N2CCCOCC2)cc1. The molecule has 0 atom stereocenters. The quantitative estimate of drug-likeness (QED) is 0.852. The van der Waals surface area contributed by atoms with E-state index in [4.69, 9.17) is 9.84 Å². The van der Waals surface area contributed by atoms with Crippen LogP contribution in [0, 0.1) is 0 Å². The summed E-state index contributed by atoms with van der Waals surface area (Å²) in [7, 11) is 0. The van der Waals surface area contributed by atoms with E-state index in [1.54, 1.807) is 29.2 Å². The molecule has 1 aromatic rings. The fraction of sp³-hybridized carbons (Fsp3) is 0.333. The van der Waals surface area contributed by atoms with Gasteiger partial charge in [0.05, 0.1) is 6.61 Å². The number of hydrogen-bond donors (Lipinski definition) is 1. The molecule has 20 heavy (non-hydrogen) atoms. The Labute approximate surface area is 117 Å². The monoisotopic (exact) mass is 275 g/mol. The third-order valence-corrected chi connectivity index (χ3v) is 3.09. The largest absolute Gasteiger partial charge is 0.478 e. The lowest BCUT2D eigenvalue weighted by atomic mass is 10.1. The first-order valence-corrected chi connectivity index (χ1v) is 6.55. The summed E-state index contributed by atoms with van der Waals surface area (Å²) in [5.41, 5.74) is 1.36. The topological polar surface area (TPSA) is 66.8 Å². The van der Waals surface area contributed by atoms with E-state index in [1.807, 2.05) is 0 Å². The van der Waals surface area contributed by atoms with Crippen LogP contribution in [0.25, 0.3) is 6.08 Å². The first kappa shape index (κ1) is 14.3. The van der Waals surface area contributed by atoms with Crippen LogP contribution in [0.4, 0.5) is 0 Å². The lowest BCUT2D eigenvalue weighted by molar-refractivity contribution is -0.131. The molecule has 106 valence electrons. The van der Waals surface area contributed by atoms with Gasteiger partial charge in [0, 0.05) is 31.3 Å². The normalized spacial score (nSPS) is 16.1. The zero-order valence-electron chi connectivity index (χ0n) is 11.1. The smallest absolute Gasteiger partial charge is 0.328 e. The Kier molecular flexibility index (Phi) is 4.90. The van der Waals surface area contributed by atoms with Gasteiger partial charge in [0.1, 0.15) is 0 Å². The van der Waals surface area contributed by atoms with E-state index in [0.29, 0.717) is 31.9 Å². The predicted molar refractivity (Wildman–Crippen MR) is 74.5 cm³/mol. The molecule has 1 aliphatic heterocycles. The fourth-order valence-electron chi connectivity index (χ4n) is 2.04. The van der Waals surface area contributed by atoms with Crippen molar-refractivity contribution in [3.8, 4) is 0 Å². The number of carboxylic acid groups (broad SMARTS) is 1. The number of ether oxygens (including phenoxy) is 1. The van der Waals surface area contributed by atoms with Crippen molar-refractivity contribution in [2.45, 2.75) is 6.42 Å². The predicted octanol–water partition coefficient (Wildman–Crippen LogP) is 1.65. The van der Waals surface area contributed by atoms with Crippen LogP contribution in [-0.2, 0) is 9.53 Å². The lowest BCUT2D eigenvalue weighted by Gasteiger charge is -2.19. The van der Waals surface area contributed by atoms with Crippen molar-refractivity contribution in [3.05, 3.63) is 41.5 Å². The molecule has 0 radical (unpaired) electrons. The van der Waals surface area contributed by atoms with Crippen LogP contribution >= 0.6 is 0 Å². The van der Waals surface area contributed by atoms with Gasteiger partial charge in [0.15, 0.2) is 0 Å². The van der Waals surface area contributed by atoms with Gasteiger partial charge in [-0.05, 0) is 30.2 Å². The molecule has 1 fully saturated rings. The summed E-state index contributed by atoms with van der Waals surface area (Å²) < 4.78 is 5.33. The van der Waals surface area contributed by atoms with Crippen LogP contribution in [0.1, 0.15) is 22.3 Å². The van der Waals surface area contributed by atoms with Crippen molar-refractivity contribution in [3.63, 3.8) is 0 Å². The van der Waals surface area contributed by atoms with Gasteiger partial charge >= 0.3 is 5.97 Å². The molecule has 0 unspecified atom stereocenters. The number of nitrogens with zero attached hydrogens (tertiary/aromatic N) is 1. The van der Waals surface area contributed by atoms with Gasteiger partial charge < -0.3 is 14.7 Å². The summed E-state index contributed by atoms with van der Waals surface area (Å²) in [5.74, 6) is -1.00. The minimum atomic E-state index is -0.991. The maximum absolute atomic E-state index is 12.3. The molecular formula is C15H17NO4. The number of carbonyl (C=O) groups excluding carboxylic acids is 1. The molecule has 0 bridgehead atoms. The van der Waals surface area contributed by atoms with Crippen molar-refractivity contribution < 1.29 is 19.4 Å². The number of hydrogen-bond acceptors (Lipinski definition) is 3. The van der Waals surface area contributed by atoms with E-state index in [9.17, 15) is 9.59 Å². The van der Waals surface area contributed by atoms with Gasteiger partial charge in [-0.3, -0.25) is 4.79 Å². The van der Waals surface area contributed by atoms with Gasteiger partial charge in [0.25, 0.3) is 5.91 Å². The lowest BCUT2D eigenvalue weighted by Crippen LogP contribution is -2.33. The van der Waals surface area contributed by atoms with Gasteiger partial charge in [-0.1, -0.05) is 12.1 Å². The van der Waals surface area contributed by atoms with Crippen LogP contribution in [0.5, 0.6) is 0 Å². The van der Waals surface area contributed by atoms with Crippen molar-refractivity contribution >= 4 is 18.0 Å². The molecular weight excluding hydrogens is 258 g/mol. The number of aliphatic carboxylic acids is 1. The van der Waals surface area contributed by atoms with Crippen molar-refractivity contribution in [2.24, 2.45) is 0 Å². The zero-order chi connectivity index (χ0) is 14.4. The highest BCUT2D eigenvalue weighted by molar-refractivity contribution is 5.94. The number of carbonyl (C=O) groups is 2. The Morgan fingerprint density at radius 2 is 1.90 bits per heavy atom. The van der Waals surface area contributed by atoms with Crippen LogP contribution in [0.3, 0.4) is 0 Å². The molecule has 1 amide bonds. The van der Waals surface area contributed by atoms with Gasteiger partial charge in [-0.2, -0.15) is 0 Å². The first-order chi connectivity index (χ1) is 9.66. The molecule has 0 aromatic heterocycles. The Hall–Kier alpha value is -2.14. The van der Waals surface area contributed by atoms with Crippen LogP contribution < -0.4 is 0 Å². The van der Waals surface area contributed by atoms with Crippen molar-refractivity contribution in [2.75, 3.05) is 26.3 Å². The molecule has 0 aliphatic carbocycles. The second-order valence-electron chi connectivity index (χ2n) is 4.55. The van der Waals surface area contributed by atoms with Crippen LogP contribution in [0.15, 0.2) is 30.3 Å². The number of rotatable bonds is 3. The minimum Gasteiger partial charge on any atom is -0.478 e. The van der Waals surface area contributed by atoms with Gasteiger partial charge in [-0.15, -0.1) is 0 Å². The second kappa shape index (κ2) is 6.86. The van der Waals surface area contributed by atoms with Gasteiger partial charge in [-0.25, -0.2) is 4.79 Å². The molecule has 2 rings (SSSR count). The van der Waals surface area contributed by atoms with Crippen molar-refractivity contribution in [1.82, 2.24) is 4.90 Å². The number of amides is 1. The molecule has 0 spiro atoms. The highest BCUT2D eigenvalue weighted by Gasteiger charge is 2.17. The summed E-state index contributed by atoms with van der Waals surface area (Å²) in [6.45, 7) is 2.59. The number of benzene rings is 1. The minimum absolute atomic E-state index is 0.00994. The molecule has 1 aromatic carbocycles. The summed E-state index contributed by atoms with van der Waals surface area (Å²) >= 11 is 0. The van der Waals surface area contributed by atoms with E-state index in [0.717, 1.165) is 18.1 Å². The van der Waals surface area contributed by atoms with E-state index >= 15 is 0 Å². The highest BCUT2D eigenvalue weighted by Crippen LogP contribution is 2.11. The summed E-state index contributed by atoms with van der Waals surface area (Å²) in [6, 6.07) is 6.91. The first-order valence-electron chi connectivity index (χ1n) is 6.55. The van der Waals surface area contributed by atoms with Crippen LogP contribution in [0.2, 0.25) is 0 Å². The molecule has 0 saturated carbocycles. The summed E-state index contributed by atoms with van der Waals surface area (Å²) in [4.78, 5) is 24.5. The Morgan fingerprint density at radius 1 is 1.15 bits per heavy atom. The van der Waals surface area contributed by atoms with E-state index in [-0.39, 0.29) is 5.91 Å². The van der Waals surface area contributed by atoms with Crippen molar-refractivity contribution in [1.29, 1.82) is 0 Å². The fourth-order valence-corrected chi connectivity index (χ4v) is 2.04. The highest BCUT2D eigenvalue weighted by atomic mass is 16.5. The Balaban J connectivity index is 2.04. The third kappa shape index (κ3) is 3.93. The van der Waals surface area contributed by atoms with E-state index in [2.05, 4.69) is 0 Å². The average molecular weight is 275 g/mol. The molecule has 1 heterocycles. The molecule has 5 nitrogen and oxygen atoms in total. The summed E-state index contributed by atoms with van der Waals surface area (Å²) in [5, 5.41) is 8.55. The second-order valence-corrected chi connectivity index (χ2v) is 4.55. The molecule has 5 heteroatoms. The molecule has 1 saturated heterocycles. The van der Waals surface area contributed by atoms with E-state index in [1.165, 1.54) is 6.08 Å². The third-order valence-electron chi connectivity index (χ3n) is 3.09. The Morgan fingerprint density at radius 3 is 2.60 bits per heavy atom. The van der Waals surface area contributed by atoms with Gasteiger partial charge in [0.2, 0.25) is 0 Å². The maximum atomic E-state index is 12.3. The van der Waals surface area contributed by atoms with Crippen LogP contribution in [-0.4, -0.2) is 48.2 Å². The zero-order valence-corrected chi connectivity index (χ0v) is 11.1. The van der Waals surface area contributed by atoms with E-state index < -0.39 is 5.97 Å².